The van der Waals surface area contributed by atoms with Crippen LogP contribution in [0.5, 0.6) is 0 Å². The summed E-state index contributed by atoms with van der Waals surface area (Å²) in [5.74, 6) is -0.195. The molecule has 0 unspecified atom stereocenters. The highest BCUT2D eigenvalue weighted by atomic mass is 32.2. The summed E-state index contributed by atoms with van der Waals surface area (Å²) < 4.78 is 30.5. The van der Waals surface area contributed by atoms with E-state index in [9.17, 15) is 13.0 Å². The molecule has 0 saturated heterocycles. The maximum Gasteiger partial charge on any atom is 0.150 e. The normalized spacial score (nSPS) is 11.0. The van der Waals surface area contributed by atoms with Gasteiger partial charge in [0.2, 0.25) is 0 Å². The number of rotatable bonds is 8. The van der Waals surface area contributed by atoms with E-state index < -0.39 is 10.1 Å². The Balaban J connectivity index is 0.000000263. The molecule has 35 heavy (non-hydrogen) atoms. The fourth-order valence-corrected chi connectivity index (χ4v) is 4.01. The van der Waals surface area contributed by atoms with Gasteiger partial charge in [-0.2, -0.15) is 0 Å². The van der Waals surface area contributed by atoms with Gasteiger partial charge in [0, 0.05) is 5.75 Å². The van der Waals surface area contributed by atoms with E-state index in [4.69, 9.17) is 0 Å². The highest BCUT2D eigenvalue weighted by Crippen LogP contribution is 2.22. The minimum atomic E-state index is -3.97. The van der Waals surface area contributed by atoms with Gasteiger partial charge in [0.1, 0.15) is 4.90 Å². The second-order valence-electron chi connectivity index (χ2n) is 9.59. The highest BCUT2D eigenvalue weighted by Gasteiger charge is 2.12. The summed E-state index contributed by atoms with van der Waals surface area (Å²) in [6.45, 7) is 8.78. The van der Waals surface area contributed by atoms with Gasteiger partial charge in [0.05, 0.1) is 10.1 Å². The van der Waals surface area contributed by atoms with Crippen molar-refractivity contribution in [2.24, 2.45) is 0 Å². The van der Waals surface area contributed by atoms with E-state index in [1.54, 1.807) is 0 Å². The van der Waals surface area contributed by atoms with Crippen LogP contribution in [0.1, 0.15) is 71.8 Å². The van der Waals surface area contributed by atoms with Gasteiger partial charge in [-0.3, -0.25) is 0 Å². The van der Waals surface area contributed by atoms with Gasteiger partial charge < -0.3 is 4.55 Å². The van der Waals surface area contributed by atoms with Crippen molar-refractivity contribution >= 4 is 22.7 Å². The monoisotopic (exact) mass is 514 g/mol. The van der Waals surface area contributed by atoms with E-state index in [1.807, 2.05) is 12.1 Å². The lowest BCUT2D eigenvalue weighted by Crippen LogP contribution is -2.10. The molecule has 3 nitrogen and oxygen atoms in total. The topological polar surface area (TPSA) is 57.2 Å². The first-order chi connectivity index (χ1) is 16.5. The zero-order valence-electron chi connectivity index (χ0n) is 21.7. The predicted molar refractivity (Wildman–Crippen MR) is 153 cm³/mol. The van der Waals surface area contributed by atoms with E-state index in [0.29, 0.717) is 6.42 Å². The SMILES string of the molecule is CC(C)(C)c1ccc([SH2+])cc1.CCCCCCCCS(=O)(=O)[O-].c1ccc(-c2ccccc2)cc1. The quantitative estimate of drug-likeness (QED) is 0.177. The first kappa shape index (κ1) is 31.0. The van der Waals surface area contributed by atoms with Crippen LogP contribution in [0, 0.1) is 0 Å². The molecular weight excluding hydrogens is 472 g/mol. The molecule has 0 heterocycles. The molecule has 5 heteroatoms. The van der Waals surface area contributed by atoms with E-state index in [2.05, 4.69) is 113 Å². The number of hydrogen-bond acceptors (Lipinski definition) is 3. The van der Waals surface area contributed by atoms with Crippen molar-refractivity contribution in [2.75, 3.05) is 5.75 Å². The predicted octanol–water partition coefficient (Wildman–Crippen LogP) is 7.60. The van der Waals surface area contributed by atoms with Gasteiger partial charge in [0.15, 0.2) is 0 Å². The lowest BCUT2D eigenvalue weighted by molar-refractivity contribution is 0.459. The summed E-state index contributed by atoms with van der Waals surface area (Å²) in [7, 11) is -3.97. The zero-order chi connectivity index (χ0) is 26.2. The van der Waals surface area contributed by atoms with Crippen LogP contribution < -0.4 is 0 Å². The Labute approximate surface area is 219 Å². The maximum atomic E-state index is 10.2. The number of hydrogen-bond donors (Lipinski definition) is 0. The fourth-order valence-electron chi connectivity index (χ4n) is 3.29. The van der Waals surface area contributed by atoms with Gasteiger partial charge in [-0.1, -0.05) is 133 Å². The Morgan fingerprint density at radius 1 is 0.686 bits per heavy atom. The van der Waals surface area contributed by atoms with Crippen molar-refractivity contribution in [1.82, 2.24) is 0 Å². The molecule has 0 aliphatic rings. The average molecular weight is 515 g/mol. The molecule has 0 aromatic heterocycles. The first-order valence-corrected chi connectivity index (χ1v) is 14.5. The van der Waals surface area contributed by atoms with Crippen molar-refractivity contribution in [3.63, 3.8) is 0 Å². The fraction of sp³-hybridized carbons (Fsp3) is 0.400. The van der Waals surface area contributed by atoms with Crippen molar-refractivity contribution in [2.45, 2.75) is 76.5 Å². The summed E-state index contributed by atoms with van der Waals surface area (Å²) >= 11 is 3.46. The van der Waals surface area contributed by atoms with Crippen LogP contribution in [-0.2, 0) is 28.2 Å². The second kappa shape index (κ2) is 16.6. The summed E-state index contributed by atoms with van der Waals surface area (Å²) in [6, 6.07) is 29.3. The van der Waals surface area contributed by atoms with E-state index in [-0.39, 0.29) is 11.2 Å². The molecule has 0 aliphatic carbocycles. The third-order valence-corrected chi connectivity index (χ3v) is 6.50. The molecule has 0 fully saturated rings. The van der Waals surface area contributed by atoms with E-state index in [0.717, 1.165) is 24.2 Å². The van der Waals surface area contributed by atoms with Crippen molar-refractivity contribution in [1.29, 1.82) is 0 Å². The zero-order valence-corrected chi connectivity index (χ0v) is 23.5. The smallest absolute Gasteiger partial charge is 0.150 e. The average Bonchev–Trinajstić information content (AvgIpc) is 2.82. The molecule has 0 bridgehead atoms. The molecule has 3 aromatic carbocycles. The molecule has 0 radical (unpaired) electrons. The van der Waals surface area contributed by atoms with Gasteiger partial charge in [-0.05, 0) is 53.3 Å². The van der Waals surface area contributed by atoms with Crippen molar-refractivity contribution < 1.29 is 13.0 Å². The van der Waals surface area contributed by atoms with Gasteiger partial charge in [-0.25, -0.2) is 8.42 Å². The van der Waals surface area contributed by atoms with Crippen LogP contribution in [-0.4, -0.2) is 18.7 Å². The van der Waals surface area contributed by atoms with Crippen LogP contribution in [0.25, 0.3) is 11.1 Å². The molecule has 192 valence electrons. The van der Waals surface area contributed by atoms with Crippen molar-refractivity contribution in [3.05, 3.63) is 90.5 Å². The summed E-state index contributed by atoms with van der Waals surface area (Å²) in [6.07, 6.45) is 5.96. The molecule has 0 aliphatic heterocycles. The summed E-state index contributed by atoms with van der Waals surface area (Å²) in [4.78, 5) is 1.14. The van der Waals surface area contributed by atoms with Crippen LogP contribution in [0.2, 0.25) is 0 Å². The molecule has 0 atom stereocenters. The van der Waals surface area contributed by atoms with Crippen LogP contribution in [0.3, 0.4) is 0 Å². The van der Waals surface area contributed by atoms with Crippen LogP contribution >= 0.6 is 0 Å². The first-order valence-electron chi connectivity index (χ1n) is 12.4. The minimum absolute atomic E-state index is 0.195. The molecule has 0 spiro atoms. The minimum Gasteiger partial charge on any atom is -0.748 e. The summed E-state index contributed by atoms with van der Waals surface area (Å²) in [5, 5.41) is 0. The van der Waals surface area contributed by atoms with Crippen molar-refractivity contribution in [3.8, 4) is 11.1 Å². The van der Waals surface area contributed by atoms with E-state index in [1.165, 1.54) is 29.5 Å². The Hall–Kier alpha value is -2.08. The van der Waals surface area contributed by atoms with E-state index >= 15 is 0 Å². The number of benzene rings is 3. The molecule has 0 saturated carbocycles. The Bertz CT molecular complexity index is 987. The molecular formula is C30H42O3S2. The molecule has 0 N–H and O–H groups in total. The lowest BCUT2D eigenvalue weighted by Gasteiger charge is -2.18. The third kappa shape index (κ3) is 15.5. The van der Waals surface area contributed by atoms with Gasteiger partial charge in [-0.15, -0.1) is 0 Å². The largest absolute Gasteiger partial charge is 0.748 e. The van der Waals surface area contributed by atoms with Crippen LogP contribution in [0.4, 0.5) is 0 Å². The lowest BCUT2D eigenvalue weighted by atomic mass is 9.87. The third-order valence-electron chi connectivity index (χ3n) is 5.38. The molecule has 3 rings (SSSR count). The highest BCUT2D eigenvalue weighted by molar-refractivity contribution is 7.85. The number of unbranched alkanes of at least 4 members (excludes halogenated alkanes) is 5. The molecule has 3 aromatic rings. The van der Waals surface area contributed by atoms with Crippen LogP contribution in [0.15, 0.2) is 89.8 Å². The van der Waals surface area contributed by atoms with Gasteiger partial charge in [0.25, 0.3) is 0 Å². The second-order valence-corrected chi connectivity index (χ2v) is 11.7. The summed E-state index contributed by atoms with van der Waals surface area (Å²) in [5.41, 5.74) is 4.19. The molecule has 0 amide bonds. The standard InChI is InChI=1S/C12H10.C10H14S.C8H18O3S/c1-3-7-11(8-4-1)12-9-5-2-6-10-12;1-10(2,3)8-4-6-9(11)7-5-8;1-2-3-4-5-6-7-8-12(9,10)11/h1-10H;4-7,11H,1-3H3;2-8H2,1H3,(H,9,10,11). The maximum absolute atomic E-state index is 10.2. The Kier molecular flexibility index (Phi) is 14.6. The Morgan fingerprint density at radius 3 is 1.51 bits per heavy atom. The Morgan fingerprint density at radius 2 is 1.11 bits per heavy atom. The van der Waals surface area contributed by atoms with Gasteiger partial charge >= 0.3 is 0 Å².